The van der Waals surface area contributed by atoms with Crippen LogP contribution in [0, 0.1) is 0 Å². The van der Waals surface area contributed by atoms with Crippen molar-refractivity contribution in [2.75, 3.05) is 17.3 Å². The molecule has 11 heteroatoms. The molecule has 2 aromatic heterocycles. The maximum absolute atomic E-state index is 13.5. The molecule has 1 unspecified atom stereocenters. The lowest BCUT2D eigenvalue weighted by molar-refractivity contribution is -0.133. The van der Waals surface area contributed by atoms with E-state index in [0.29, 0.717) is 34.8 Å². The molecule has 3 heterocycles. The number of amides is 1. The molecule has 0 bridgehead atoms. The Labute approximate surface area is 208 Å². The van der Waals surface area contributed by atoms with E-state index in [1.54, 1.807) is 12.1 Å². The zero-order valence-electron chi connectivity index (χ0n) is 19.5. The minimum atomic E-state index is -3.11. The fourth-order valence-corrected chi connectivity index (χ4v) is 7.90. The second-order valence-electron chi connectivity index (χ2n) is 9.28. The number of carbonyl (C=O) groups is 1. The highest BCUT2D eigenvalue weighted by molar-refractivity contribution is 7.99. The fourth-order valence-electron chi connectivity index (χ4n) is 5.38. The molecule has 1 aromatic carbocycles. The molecule has 1 aliphatic heterocycles. The Morgan fingerprint density at radius 3 is 2.63 bits per heavy atom. The quantitative estimate of drug-likeness (QED) is 0.352. The van der Waals surface area contributed by atoms with E-state index in [1.165, 1.54) is 16.3 Å². The third-order valence-corrected chi connectivity index (χ3v) is 9.64. The number of fused-ring (bicyclic) bond motifs is 3. The normalized spacial score (nSPS) is 20.4. The first kappa shape index (κ1) is 24.1. The SMILES string of the molecule is C=CCn1c(=O)c2ccccc2n2c(SCC(=O)N(C3CCCCC3)C3CCS(=O)(=O)C3)nnc12. The van der Waals surface area contributed by atoms with E-state index in [-0.39, 0.29) is 40.8 Å². The van der Waals surface area contributed by atoms with Gasteiger partial charge < -0.3 is 4.90 Å². The average Bonchev–Trinajstić information content (AvgIpc) is 3.44. The molecule has 1 aliphatic carbocycles. The van der Waals surface area contributed by atoms with Crippen LogP contribution in [0.1, 0.15) is 38.5 Å². The summed E-state index contributed by atoms with van der Waals surface area (Å²) < 4.78 is 27.7. The highest BCUT2D eigenvalue weighted by Gasteiger charge is 2.38. The molecule has 5 rings (SSSR count). The summed E-state index contributed by atoms with van der Waals surface area (Å²) in [5.41, 5.74) is 0.512. The molecule has 2 aliphatic rings. The molecule has 35 heavy (non-hydrogen) atoms. The summed E-state index contributed by atoms with van der Waals surface area (Å²) in [5.74, 6) is 0.650. The summed E-state index contributed by atoms with van der Waals surface area (Å²) in [6.07, 6.45) is 7.24. The molecule has 0 radical (unpaired) electrons. The van der Waals surface area contributed by atoms with Crippen molar-refractivity contribution in [2.24, 2.45) is 0 Å². The van der Waals surface area contributed by atoms with Crippen LogP contribution in [0.5, 0.6) is 0 Å². The van der Waals surface area contributed by atoms with E-state index in [2.05, 4.69) is 16.8 Å². The molecule has 186 valence electrons. The topological polar surface area (TPSA) is 107 Å². The molecule has 1 amide bonds. The third-order valence-electron chi connectivity index (χ3n) is 6.97. The average molecular weight is 516 g/mol. The van der Waals surface area contributed by atoms with Gasteiger partial charge in [-0.3, -0.25) is 18.6 Å². The predicted octanol–water partition coefficient (Wildman–Crippen LogP) is 2.67. The minimum absolute atomic E-state index is 0.0479. The molecule has 1 saturated carbocycles. The second kappa shape index (κ2) is 9.77. The predicted molar refractivity (Wildman–Crippen MR) is 136 cm³/mol. The van der Waals surface area contributed by atoms with Crippen LogP contribution in [0.25, 0.3) is 16.7 Å². The summed E-state index contributed by atoms with van der Waals surface area (Å²) in [4.78, 5) is 28.4. The Bertz CT molecular complexity index is 1440. The van der Waals surface area contributed by atoms with Crippen molar-refractivity contribution in [2.45, 2.75) is 62.3 Å². The van der Waals surface area contributed by atoms with Crippen molar-refractivity contribution in [3.05, 3.63) is 47.3 Å². The van der Waals surface area contributed by atoms with Gasteiger partial charge in [-0.15, -0.1) is 16.8 Å². The third kappa shape index (κ3) is 4.63. The summed E-state index contributed by atoms with van der Waals surface area (Å²) in [6.45, 7) is 4.04. The first-order valence-corrected chi connectivity index (χ1v) is 14.8. The molecule has 3 aromatic rings. The molecule has 1 saturated heterocycles. The van der Waals surface area contributed by atoms with E-state index in [9.17, 15) is 18.0 Å². The Morgan fingerprint density at radius 2 is 1.91 bits per heavy atom. The standard InChI is InChI=1S/C24H29N5O4S2/c1-2-13-27-22(31)19-10-6-7-11-20(19)29-23(27)25-26-24(29)34-15-21(30)28(17-8-4-3-5-9-17)18-12-14-35(32,33)16-18/h2,6-7,10-11,17-18H,1,3-5,8-9,12-16H2. The number of allylic oxidation sites excluding steroid dienone is 1. The van der Waals surface area contributed by atoms with Gasteiger partial charge in [-0.2, -0.15) is 0 Å². The largest absolute Gasteiger partial charge is 0.335 e. The van der Waals surface area contributed by atoms with Gasteiger partial charge in [0, 0.05) is 18.6 Å². The Morgan fingerprint density at radius 1 is 1.14 bits per heavy atom. The van der Waals surface area contributed by atoms with Gasteiger partial charge in [-0.05, 0) is 31.4 Å². The van der Waals surface area contributed by atoms with Crippen LogP contribution in [0.2, 0.25) is 0 Å². The Balaban J connectivity index is 1.46. The summed E-state index contributed by atoms with van der Waals surface area (Å²) in [7, 11) is -3.11. The molecular formula is C24H29N5O4S2. The van der Waals surface area contributed by atoms with Crippen LogP contribution in [0.15, 0.2) is 46.9 Å². The lowest BCUT2D eigenvalue weighted by atomic mass is 9.93. The fraction of sp³-hybridized carbons (Fsp3) is 0.500. The number of benzene rings is 1. The zero-order chi connectivity index (χ0) is 24.6. The summed E-state index contributed by atoms with van der Waals surface area (Å²) >= 11 is 1.27. The molecule has 2 fully saturated rings. The van der Waals surface area contributed by atoms with E-state index < -0.39 is 9.84 Å². The van der Waals surface area contributed by atoms with Crippen molar-refractivity contribution in [3.63, 3.8) is 0 Å². The van der Waals surface area contributed by atoms with Gasteiger partial charge in [0.15, 0.2) is 15.0 Å². The molecule has 1 atom stereocenters. The van der Waals surface area contributed by atoms with Crippen LogP contribution in [-0.4, -0.2) is 67.7 Å². The Kier molecular flexibility index (Phi) is 6.71. The monoisotopic (exact) mass is 515 g/mol. The summed E-state index contributed by atoms with van der Waals surface area (Å²) in [6, 6.07) is 7.10. The first-order valence-electron chi connectivity index (χ1n) is 12.0. The molecule has 0 spiro atoms. The van der Waals surface area contributed by atoms with Crippen LogP contribution in [0.3, 0.4) is 0 Å². The van der Waals surface area contributed by atoms with Crippen molar-refractivity contribution in [1.82, 2.24) is 24.1 Å². The number of nitrogens with zero attached hydrogens (tertiary/aromatic N) is 5. The van der Waals surface area contributed by atoms with Crippen LogP contribution >= 0.6 is 11.8 Å². The number of thioether (sulfide) groups is 1. The van der Waals surface area contributed by atoms with E-state index in [0.717, 1.165) is 32.1 Å². The van der Waals surface area contributed by atoms with Crippen molar-refractivity contribution < 1.29 is 13.2 Å². The number of para-hydroxylation sites is 1. The van der Waals surface area contributed by atoms with Gasteiger partial charge in [-0.25, -0.2) is 8.42 Å². The maximum Gasteiger partial charge on any atom is 0.263 e. The number of carbonyl (C=O) groups excluding carboxylic acids is 1. The van der Waals surface area contributed by atoms with Crippen LogP contribution < -0.4 is 5.56 Å². The second-order valence-corrected chi connectivity index (χ2v) is 12.4. The van der Waals surface area contributed by atoms with Gasteiger partial charge in [0.1, 0.15) is 0 Å². The lowest BCUT2D eigenvalue weighted by Crippen LogP contribution is -2.49. The number of aromatic nitrogens is 4. The number of sulfone groups is 1. The van der Waals surface area contributed by atoms with E-state index >= 15 is 0 Å². The molecule has 0 N–H and O–H groups in total. The Hall–Kier alpha value is -2.66. The van der Waals surface area contributed by atoms with Gasteiger partial charge in [0.05, 0.1) is 28.2 Å². The van der Waals surface area contributed by atoms with Gasteiger partial charge in [0.25, 0.3) is 5.56 Å². The van der Waals surface area contributed by atoms with Gasteiger partial charge in [0.2, 0.25) is 11.7 Å². The maximum atomic E-state index is 13.5. The van der Waals surface area contributed by atoms with E-state index in [1.807, 2.05) is 27.5 Å². The lowest BCUT2D eigenvalue weighted by Gasteiger charge is -2.38. The van der Waals surface area contributed by atoms with Crippen LogP contribution in [-0.2, 0) is 21.2 Å². The summed E-state index contributed by atoms with van der Waals surface area (Å²) in [5, 5.41) is 9.62. The van der Waals surface area contributed by atoms with Gasteiger partial charge >= 0.3 is 0 Å². The molecule has 9 nitrogen and oxygen atoms in total. The highest BCUT2D eigenvalue weighted by atomic mass is 32.2. The zero-order valence-corrected chi connectivity index (χ0v) is 21.1. The molecular weight excluding hydrogens is 486 g/mol. The number of rotatable bonds is 7. The van der Waals surface area contributed by atoms with Crippen LogP contribution in [0.4, 0.5) is 0 Å². The van der Waals surface area contributed by atoms with Gasteiger partial charge in [-0.1, -0.05) is 49.2 Å². The first-order chi connectivity index (χ1) is 16.9. The number of hydrogen-bond donors (Lipinski definition) is 0. The minimum Gasteiger partial charge on any atom is -0.335 e. The number of hydrogen-bond acceptors (Lipinski definition) is 7. The van der Waals surface area contributed by atoms with Crippen molar-refractivity contribution >= 4 is 44.2 Å². The highest BCUT2D eigenvalue weighted by Crippen LogP contribution is 2.30. The smallest absolute Gasteiger partial charge is 0.263 e. The van der Waals surface area contributed by atoms with Crippen molar-refractivity contribution in [1.29, 1.82) is 0 Å². The van der Waals surface area contributed by atoms with Crippen molar-refractivity contribution in [3.8, 4) is 0 Å². The van der Waals surface area contributed by atoms with E-state index in [4.69, 9.17) is 0 Å².